The molecule has 1 rings (SSSR count). The highest BCUT2D eigenvalue weighted by Crippen LogP contribution is 2.26. The van der Waals surface area contributed by atoms with Crippen molar-refractivity contribution in [2.75, 3.05) is 7.05 Å². The first-order valence-electron chi connectivity index (χ1n) is 5.49. The molecule has 0 aromatic carbocycles. The van der Waals surface area contributed by atoms with Gasteiger partial charge in [0.1, 0.15) is 9.09 Å². The van der Waals surface area contributed by atoms with Crippen LogP contribution in [0.15, 0.2) is 16.3 Å². The largest absolute Gasteiger partial charge is 0.477 e. The first-order chi connectivity index (χ1) is 8.17. The Balaban J connectivity index is 3.09. The Labute approximate surface area is 111 Å². The highest BCUT2D eigenvalue weighted by atomic mass is 32.2. The smallest absolute Gasteiger partial charge is 0.345 e. The number of hydrogen-bond acceptors (Lipinski definition) is 4. The van der Waals surface area contributed by atoms with Crippen LogP contribution >= 0.6 is 11.3 Å². The Morgan fingerprint density at radius 2 is 1.89 bits per heavy atom. The van der Waals surface area contributed by atoms with E-state index in [1.165, 1.54) is 23.5 Å². The van der Waals surface area contributed by atoms with Crippen molar-refractivity contribution in [1.82, 2.24) is 4.31 Å². The van der Waals surface area contributed by atoms with Crippen molar-refractivity contribution in [3.8, 4) is 0 Å². The van der Waals surface area contributed by atoms with Gasteiger partial charge in [-0.15, -0.1) is 11.3 Å². The van der Waals surface area contributed by atoms with Crippen LogP contribution in [-0.2, 0) is 10.0 Å². The third-order valence-electron chi connectivity index (χ3n) is 2.96. The monoisotopic (exact) mass is 291 g/mol. The molecule has 5 nitrogen and oxygen atoms in total. The zero-order valence-electron chi connectivity index (χ0n) is 10.7. The van der Waals surface area contributed by atoms with Crippen LogP contribution in [0.3, 0.4) is 0 Å². The van der Waals surface area contributed by atoms with Crippen molar-refractivity contribution in [1.29, 1.82) is 0 Å². The molecule has 0 saturated heterocycles. The molecule has 1 atom stereocenters. The van der Waals surface area contributed by atoms with Gasteiger partial charge >= 0.3 is 5.97 Å². The summed E-state index contributed by atoms with van der Waals surface area (Å²) < 4.78 is 25.9. The molecule has 102 valence electrons. The fourth-order valence-electron chi connectivity index (χ4n) is 1.35. The minimum Gasteiger partial charge on any atom is -0.477 e. The lowest BCUT2D eigenvalue weighted by atomic mass is 10.1. The molecule has 0 aliphatic rings. The van der Waals surface area contributed by atoms with Gasteiger partial charge in [0.15, 0.2) is 0 Å². The average molecular weight is 291 g/mol. The lowest BCUT2D eigenvalue weighted by Crippen LogP contribution is -2.37. The summed E-state index contributed by atoms with van der Waals surface area (Å²) in [5.41, 5.74) is 0. The Bertz CT molecular complexity index is 533. The maximum atomic E-state index is 12.3. The van der Waals surface area contributed by atoms with Crippen LogP contribution in [0.4, 0.5) is 0 Å². The number of sulfonamides is 1. The summed E-state index contributed by atoms with van der Waals surface area (Å²) in [6.07, 6.45) is 0. The summed E-state index contributed by atoms with van der Waals surface area (Å²) in [5.74, 6) is -0.926. The molecule has 0 fully saturated rings. The van der Waals surface area contributed by atoms with Crippen LogP contribution in [0.25, 0.3) is 0 Å². The van der Waals surface area contributed by atoms with Gasteiger partial charge in [0.05, 0.1) is 0 Å². The molecule has 1 aromatic rings. The normalized spacial score (nSPS) is 14.1. The molecule has 0 spiro atoms. The Morgan fingerprint density at radius 3 is 2.28 bits per heavy atom. The van der Waals surface area contributed by atoms with Crippen molar-refractivity contribution >= 4 is 27.3 Å². The predicted molar refractivity (Wildman–Crippen MR) is 70.5 cm³/mol. The van der Waals surface area contributed by atoms with Gasteiger partial charge in [-0.25, -0.2) is 13.2 Å². The van der Waals surface area contributed by atoms with Gasteiger partial charge in [-0.3, -0.25) is 0 Å². The summed E-state index contributed by atoms with van der Waals surface area (Å²) in [5, 5.41) is 8.80. The molecular formula is C11H17NO4S2. The topological polar surface area (TPSA) is 74.7 Å². The number of rotatable bonds is 5. The second kappa shape index (κ2) is 5.38. The maximum Gasteiger partial charge on any atom is 0.345 e. The molecule has 7 heteroatoms. The van der Waals surface area contributed by atoms with E-state index in [4.69, 9.17) is 5.11 Å². The molecule has 0 saturated carbocycles. The lowest BCUT2D eigenvalue weighted by molar-refractivity contribution is 0.0702. The highest BCUT2D eigenvalue weighted by molar-refractivity contribution is 7.91. The minimum atomic E-state index is -3.61. The van der Waals surface area contributed by atoms with Crippen LogP contribution in [-0.4, -0.2) is 36.9 Å². The summed E-state index contributed by atoms with van der Waals surface area (Å²) in [6.45, 7) is 5.70. The Morgan fingerprint density at radius 1 is 1.33 bits per heavy atom. The predicted octanol–water partition coefficient (Wildman–Crippen LogP) is 2.11. The Kier molecular flexibility index (Phi) is 4.52. The molecule has 1 aromatic heterocycles. The Hall–Kier alpha value is -0.920. The van der Waals surface area contributed by atoms with E-state index in [0.717, 1.165) is 11.3 Å². The molecule has 0 radical (unpaired) electrons. The summed E-state index contributed by atoms with van der Waals surface area (Å²) in [7, 11) is -2.09. The van der Waals surface area contributed by atoms with Crippen molar-refractivity contribution in [2.45, 2.75) is 31.0 Å². The van der Waals surface area contributed by atoms with Crippen LogP contribution in [0.2, 0.25) is 0 Å². The second-order valence-corrected chi connectivity index (χ2v) is 7.74. The minimum absolute atomic E-state index is 0.0270. The molecule has 0 aliphatic heterocycles. The average Bonchev–Trinajstić information content (AvgIpc) is 2.76. The molecule has 1 heterocycles. The third kappa shape index (κ3) is 2.90. The van der Waals surface area contributed by atoms with Crippen molar-refractivity contribution in [3.05, 3.63) is 17.0 Å². The van der Waals surface area contributed by atoms with Crippen LogP contribution in [0, 0.1) is 5.92 Å². The number of carbonyl (C=O) groups is 1. The summed E-state index contributed by atoms with van der Waals surface area (Å²) in [6, 6.07) is 2.51. The molecule has 0 aliphatic carbocycles. The van der Waals surface area contributed by atoms with E-state index in [1.54, 1.807) is 0 Å². The molecular weight excluding hydrogens is 274 g/mol. The molecule has 1 N–H and O–H groups in total. The fourth-order valence-corrected chi connectivity index (χ4v) is 4.18. The van der Waals surface area contributed by atoms with E-state index in [0.29, 0.717) is 0 Å². The van der Waals surface area contributed by atoms with E-state index >= 15 is 0 Å². The number of hydrogen-bond donors (Lipinski definition) is 1. The quantitative estimate of drug-likeness (QED) is 0.901. The van der Waals surface area contributed by atoms with Crippen LogP contribution < -0.4 is 0 Å². The van der Waals surface area contributed by atoms with Crippen LogP contribution in [0.1, 0.15) is 30.4 Å². The zero-order valence-corrected chi connectivity index (χ0v) is 12.4. The van der Waals surface area contributed by atoms with Crippen molar-refractivity contribution in [3.63, 3.8) is 0 Å². The molecule has 0 amide bonds. The zero-order chi connectivity index (χ0) is 14.1. The summed E-state index contributed by atoms with van der Waals surface area (Å²) in [4.78, 5) is 10.8. The number of carboxylic acids is 1. The molecule has 0 bridgehead atoms. The van der Waals surface area contributed by atoms with E-state index in [1.807, 2.05) is 20.8 Å². The maximum absolute atomic E-state index is 12.3. The van der Waals surface area contributed by atoms with Gasteiger partial charge in [0, 0.05) is 13.1 Å². The number of thiophene rings is 1. The molecule has 1 unspecified atom stereocenters. The van der Waals surface area contributed by atoms with Gasteiger partial charge in [-0.2, -0.15) is 4.31 Å². The van der Waals surface area contributed by atoms with Gasteiger partial charge < -0.3 is 5.11 Å². The van der Waals surface area contributed by atoms with Gasteiger partial charge in [0.25, 0.3) is 10.0 Å². The van der Waals surface area contributed by atoms with Gasteiger partial charge in [-0.05, 0) is 25.0 Å². The standard InChI is InChI=1S/C11H17NO4S2/c1-7(2)8(3)12(4)18(15,16)10-6-5-9(17-10)11(13)14/h5-8H,1-4H3,(H,13,14). The number of aromatic carboxylic acids is 1. The van der Waals surface area contributed by atoms with Gasteiger partial charge in [0.2, 0.25) is 0 Å². The fraction of sp³-hybridized carbons (Fsp3) is 0.545. The van der Waals surface area contributed by atoms with Crippen molar-refractivity contribution in [2.24, 2.45) is 5.92 Å². The number of carboxylic acid groups (broad SMARTS) is 1. The second-order valence-electron chi connectivity index (χ2n) is 4.43. The highest BCUT2D eigenvalue weighted by Gasteiger charge is 2.28. The summed E-state index contributed by atoms with van der Waals surface area (Å²) >= 11 is 0.776. The number of nitrogens with zero attached hydrogens (tertiary/aromatic N) is 1. The van der Waals surface area contributed by atoms with E-state index in [-0.39, 0.29) is 21.0 Å². The van der Waals surface area contributed by atoms with Gasteiger partial charge in [-0.1, -0.05) is 13.8 Å². The molecule has 18 heavy (non-hydrogen) atoms. The van der Waals surface area contributed by atoms with Crippen LogP contribution in [0.5, 0.6) is 0 Å². The SMILES string of the molecule is CC(C)C(C)N(C)S(=O)(=O)c1ccc(C(=O)O)s1. The first kappa shape index (κ1) is 15.1. The lowest BCUT2D eigenvalue weighted by Gasteiger charge is -2.26. The van der Waals surface area contributed by atoms with E-state index < -0.39 is 16.0 Å². The van der Waals surface area contributed by atoms with E-state index in [2.05, 4.69) is 0 Å². The first-order valence-corrected chi connectivity index (χ1v) is 7.74. The van der Waals surface area contributed by atoms with Crippen molar-refractivity contribution < 1.29 is 18.3 Å². The third-order valence-corrected chi connectivity index (χ3v) is 6.45. The van der Waals surface area contributed by atoms with E-state index in [9.17, 15) is 13.2 Å².